The summed E-state index contributed by atoms with van der Waals surface area (Å²) in [4.78, 5) is 0.368. The fourth-order valence-corrected chi connectivity index (χ4v) is 4.60. The zero-order valence-corrected chi connectivity index (χ0v) is 14.4. The molecule has 19 heavy (non-hydrogen) atoms. The lowest BCUT2D eigenvalue weighted by Gasteiger charge is -2.29. The summed E-state index contributed by atoms with van der Waals surface area (Å²) in [7, 11) is -3.47. The molecule has 1 rings (SSSR count). The van der Waals surface area contributed by atoms with Gasteiger partial charge in [0, 0.05) is 10.9 Å². The zero-order valence-electron chi connectivity index (χ0n) is 12.0. The molecular weight excluding hydrogens is 326 g/mol. The maximum absolute atomic E-state index is 12.5. The van der Waals surface area contributed by atoms with Crippen LogP contribution in [0.1, 0.15) is 37.8 Å². The second-order valence-corrected chi connectivity index (χ2v) is 7.67. The van der Waals surface area contributed by atoms with Crippen LogP contribution in [-0.4, -0.2) is 19.3 Å². The second kappa shape index (κ2) is 6.37. The van der Waals surface area contributed by atoms with Crippen LogP contribution in [0.15, 0.2) is 23.1 Å². The predicted molar refractivity (Wildman–Crippen MR) is 83.3 cm³/mol. The molecule has 0 aliphatic rings. The fraction of sp³-hybridized carbons (Fsp3) is 0.571. The van der Waals surface area contributed by atoms with Crippen molar-refractivity contribution in [1.82, 2.24) is 4.72 Å². The van der Waals surface area contributed by atoms with Crippen LogP contribution in [0.2, 0.25) is 0 Å². The van der Waals surface area contributed by atoms with Crippen molar-refractivity contribution in [3.8, 4) is 0 Å². The summed E-state index contributed by atoms with van der Waals surface area (Å²) in [6.45, 7) is 7.72. The summed E-state index contributed by atoms with van der Waals surface area (Å²) in [5.74, 6) is 0. The first-order valence-electron chi connectivity index (χ1n) is 6.41. The number of halogens is 1. The molecule has 3 nitrogen and oxygen atoms in total. The molecule has 5 heteroatoms. The smallest absolute Gasteiger partial charge is 0.207 e. The van der Waals surface area contributed by atoms with Gasteiger partial charge in [0.05, 0.1) is 4.90 Å². The van der Waals surface area contributed by atoms with Crippen molar-refractivity contribution in [3.63, 3.8) is 0 Å². The Kier molecular flexibility index (Phi) is 5.59. The van der Waals surface area contributed by atoms with Crippen LogP contribution >= 0.6 is 15.9 Å². The molecule has 0 bridgehead atoms. The number of aryl methyl sites for hydroxylation is 2. The van der Waals surface area contributed by atoms with Crippen LogP contribution in [0, 0.1) is 13.8 Å². The van der Waals surface area contributed by atoms with E-state index in [1.807, 2.05) is 39.8 Å². The third-order valence-electron chi connectivity index (χ3n) is 3.43. The van der Waals surface area contributed by atoms with Gasteiger partial charge >= 0.3 is 0 Å². The van der Waals surface area contributed by atoms with E-state index >= 15 is 0 Å². The summed E-state index contributed by atoms with van der Waals surface area (Å²) in [5.41, 5.74) is 1.43. The molecule has 0 fully saturated rings. The lowest BCUT2D eigenvalue weighted by Crippen LogP contribution is -2.45. The standard InChI is InChI=1S/C14H22BrNO2S/c1-5-14(4,8-9-15)16-19(17,18)13-7-6-11(2)10-12(13)3/h6-7,10,16H,5,8-9H2,1-4H3. The average Bonchev–Trinajstić information content (AvgIpc) is 2.27. The van der Waals surface area contributed by atoms with E-state index in [9.17, 15) is 8.42 Å². The van der Waals surface area contributed by atoms with Crippen molar-refractivity contribution >= 4 is 26.0 Å². The molecule has 0 aromatic heterocycles. The molecule has 0 aliphatic carbocycles. The third-order valence-corrected chi connectivity index (χ3v) is 5.62. The fourth-order valence-electron chi connectivity index (χ4n) is 1.99. The SMILES string of the molecule is CCC(C)(CCBr)NS(=O)(=O)c1ccc(C)cc1C. The van der Waals surface area contributed by atoms with Gasteiger partial charge in [0.15, 0.2) is 0 Å². The molecule has 0 amide bonds. The third kappa shape index (κ3) is 4.29. The van der Waals surface area contributed by atoms with E-state index in [1.54, 1.807) is 6.07 Å². The molecule has 0 saturated heterocycles. The number of hydrogen-bond donors (Lipinski definition) is 1. The Bertz CT molecular complexity index is 542. The van der Waals surface area contributed by atoms with Gasteiger partial charge in [-0.05, 0) is 45.2 Å². The first-order chi connectivity index (χ1) is 8.74. The number of alkyl halides is 1. The molecule has 0 spiro atoms. The van der Waals surface area contributed by atoms with Gasteiger partial charge in [-0.1, -0.05) is 40.5 Å². The van der Waals surface area contributed by atoms with Crippen LogP contribution in [0.5, 0.6) is 0 Å². The van der Waals surface area contributed by atoms with Crippen LogP contribution in [-0.2, 0) is 10.0 Å². The van der Waals surface area contributed by atoms with Crippen molar-refractivity contribution in [1.29, 1.82) is 0 Å². The van der Waals surface area contributed by atoms with Crippen LogP contribution < -0.4 is 4.72 Å². The second-order valence-electron chi connectivity index (χ2n) is 5.23. The number of rotatable bonds is 6. The number of sulfonamides is 1. The van der Waals surface area contributed by atoms with Gasteiger partial charge in [-0.25, -0.2) is 13.1 Å². The topological polar surface area (TPSA) is 46.2 Å². The molecular formula is C14H22BrNO2S. The predicted octanol–water partition coefficient (Wildman–Crippen LogP) is 3.54. The van der Waals surface area contributed by atoms with Crippen molar-refractivity contribution in [3.05, 3.63) is 29.3 Å². The summed E-state index contributed by atoms with van der Waals surface area (Å²) in [5, 5.41) is 0.771. The highest BCUT2D eigenvalue weighted by molar-refractivity contribution is 9.09. The van der Waals surface area contributed by atoms with Crippen molar-refractivity contribution in [2.24, 2.45) is 0 Å². The Hall–Kier alpha value is -0.390. The Morgan fingerprint density at radius 1 is 1.32 bits per heavy atom. The summed E-state index contributed by atoms with van der Waals surface area (Å²) < 4.78 is 27.8. The molecule has 1 unspecified atom stereocenters. The molecule has 0 saturated carbocycles. The maximum Gasteiger partial charge on any atom is 0.241 e. The summed E-state index contributed by atoms with van der Waals surface area (Å²) >= 11 is 3.38. The Labute approximate surface area is 125 Å². The minimum Gasteiger partial charge on any atom is -0.207 e. The largest absolute Gasteiger partial charge is 0.241 e. The van der Waals surface area contributed by atoms with E-state index in [0.717, 1.165) is 29.3 Å². The minimum absolute atomic E-state index is 0.368. The lowest BCUT2D eigenvalue weighted by atomic mass is 9.98. The highest BCUT2D eigenvalue weighted by atomic mass is 79.9. The summed E-state index contributed by atoms with van der Waals surface area (Å²) in [6, 6.07) is 5.40. The molecule has 0 aliphatic heterocycles. The van der Waals surface area contributed by atoms with Crippen molar-refractivity contribution < 1.29 is 8.42 Å². The van der Waals surface area contributed by atoms with Gasteiger partial charge in [0.2, 0.25) is 10.0 Å². The molecule has 1 aromatic carbocycles. The van der Waals surface area contributed by atoms with E-state index in [-0.39, 0.29) is 0 Å². The van der Waals surface area contributed by atoms with Gasteiger partial charge in [-0.3, -0.25) is 0 Å². The quantitative estimate of drug-likeness (QED) is 0.800. The van der Waals surface area contributed by atoms with E-state index in [1.165, 1.54) is 0 Å². The molecule has 108 valence electrons. The Morgan fingerprint density at radius 2 is 1.95 bits per heavy atom. The minimum atomic E-state index is -3.47. The van der Waals surface area contributed by atoms with Gasteiger partial charge in [-0.2, -0.15) is 0 Å². The van der Waals surface area contributed by atoms with E-state index in [0.29, 0.717) is 4.90 Å². The normalized spacial score (nSPS) is 15.2. The zero-order chi connectivity index (χ0) is 14.7. The van der Waals surface area contributed by atoms with E-state index in [4.69, 9.17) is 0 Å². The molecule has 1 N–H and O–H groups in total. The Morgan fingerprint density at radius 3 is 2.42 bits per heavy atom. The van der Waals surface area contributed by atoms with Crippen molar-refractivity contribution in [2.75, 3.05) is 5.33 Å². The first kappa shape index (κ1) is 16.7. The number of nitrogens with one attached hydrogen (secondary N) is 1. The van der Waals surface area contributed by atoms with E-state index in [2.05, 4.69) is 20.7 Å². The monoisotopic (exact) mass is 347 g/mol. The average molecular weight is 348 g/mol. The molecule has 1 aromatic rings. The number of benzene rings is 1. The van der Waals surface area contributed by atoms with Gasteiger partial charge in [0.25, 0.3) is 0 Å². The molecule has 0 heterocycles. The number of hydrogen-bond acceptors (Lipinski definition) is 2. The van der Waals surface area contributed by atoms with Crippen molar-refractivity contribution in [2.45, 2.75) is 51.0 Å². The summed E-state index contributed by atoms with van der Waals surface area (Å²) in [6.07, 6.45) is 1.51. The van der Waals surface area contributed by atoms with Gasteiger partial charge < -0.3 is 0 Å². The first-order valence-corrected chi connectivity index (χ1v) is 9.02. The molecule has 1 atom stereocenters. The Balaban J connectivity index is 3.10. The van der Waals surface area contributed by atoms with Gasteiger partial charge in [0.1, 0.15) is 0 Å². The highest BCUT2D eigenvalue weighted by Crippen LogP contribution is 2.22. The highest BCUT2D eigenvalue weighted by Gasteiger charge is 2.29. The van der Waals surface area contributed by atoms with E-state index < -0.39 is 15.6 Å². The van der Waals surface area contributed by atoms with Gasteiger partial charge in [-0.15, -0.1) is 0 Å². The maximum atomic E-state index is 12.5. The molecule has 0 radical (unpaired) electrons. The van der Waals surface area contributed by atoms with Crippen LogP contribution in [0.4, 0.5) is 0 Å². The van der Waals surface area contributed by atoms with Crippen LogP contribution in [0.3, 0.4) is 0 Å². The van der Waals surface area contributed by atoms with Crippen LogP contribution in [0.25, 0.3) is 0 Å². The lowest BCUT2D eigenvalue weighted by molar-refractivity contribution is 0.392.